The highest BCUT2D eigenvalue weighted by atomic mass is 16.2. The van der Waals surface area contributed by atoms with Crippen LogP contribution in [-0.2, 0) is 11.2 Å². The molecule has 158 valence electrons. The number of ketones is 1. The number of anilines is 1. The Balaban J connectivity index is 1.77. The lowest BCUT2D eigenvalue weighted by Gasteiger charge is -2.30. The molecule has 0 spiro atoms. The first-order chi connectivity index (χ1) is 14.0. The molecule has 0 aliphatic heterocycles. The predicted molar refractivity (Wildman–Crippen MR) is 115 cm³/mol. The Bertz CT molecular complexity index is 1100. The zero-order valence-electron chi connectivity index (χ0n) is 18.0. The number of benzene rings is 1. The van der Waals surface area contributed by atoms with Crippen LogP contribution in [0.3, 0.4) is 0 Å². The van der Waals surface area contributed by atoms with Crippen molar-refractivity contribution in [3.05, 3.63) is 62.6 Å². The van der Waals surface area contributed by atoms with Gasteiger partial charge in [-0.25, -0.2) is 0 Å². The van der Waals surface area contributed by atoms with Crippen LogP contribution in [0.25, 0.3) is 0 Å². The SMILES string of the molecule is Cc1cccc(NC(=O)CN(C)C(=O)c2cc3c([nH]c2=O)CC(C)(C)CC3=O)c1C. The molecule has 0 unspecified atom stereocenters. The lowest BCUT2D eigenvalue weighted by molar-refractivity contribution is -0.116. The highest BCUT2D eigenvalue weighted by Crippen LogP contribution is 2.33. The summed E-state index contributed by atoms with van der Waals surface area (Å²) in [6.45, 7) is 7.57. The number of aromatic nitrogens is 1. The van der Waals surface area contributed by atoms with Gasteiger partial charge >= 0.3 is 0 Å². The van der Waals surface area contributed by atoms with Crippen LogP contribution in [0.2, 0.25) is 0 Å². The summed E-state index contributed by atoms with van der Waals surface area (Å²) in [6.07, 6.45) is 0.916. The minimum atomic E-state index is -0.604. The number of hydrogen-bond acceptors (Lipinski definition) is 4. The maximum Gasteiger partial charge on any atom is 0.261 e. The molecule has 7 nitrogen and oxygen atoms in total. The predicted octanol–water partition coefficient (Wildman–Crippen LogP) is 2.86. The van der Waals surface area contributed by atoms with Crippen LogP contribution in [0.5, 0.6) is 0 Å². The number of aryl methyl sites for hydroxylation is 1. The number of likely N-dealkylation sites (N-methyl/N-ethyl adjacent to an activating group) is 1. The van der Waals surface area contributed by atoms with Gasteiger partial charge in [-0.1, -0.05) is 26.0 Å². The first kappa shape index (κ1) is 21.5. The Morgan fingerprint density at radius 3 is 2.57 bits per heavy atom. The minimum absolute atomic E-state index is 0.0955. The molecule has 7 heteroatoms. The smallest absolute Gasteiger partial charge is 0.261 e. The summed E-state index contributed by atoms with van der Waals surface area (Å²) in [5, 5.41) is 2.80. The van der Waals surface area contributed by atoms with Gasteiger partial charge in [0.15, 0.2) is 5.78 Å². The van der Waals surface area contributed by atoms with Crippen LogP contribution < -0.4 is 10.9 Å². The fourth-order valence-corrected chi connectivity index (χ4v) is 3.76. The van der Waals surface area contributed by atoms with Crippen LogP contribution in [0, 0.1) is 19.3 Å². The number of nitrogens with one attached hydrogen (secondary N) is 2. The van der Waals surface area contributed by atoms with E-state index in [9.17, 15) is 19.2 Å². The first-order valence-electron chi connectivity index (χ1n) is 9.89. The van der Waals surface area contributed by atoms with Crippen molar-refractivity contribution in [1.82, 2.24) is 9.88 Å². The van der Waals surface area contributed by atoms with Crippen molar-refractivity contribution in [3.8, 4) is 0 Å². The topological polar surface area (TPSA) is 99.3 Å². The molecular weight excluding hydrogens is 382 g/mol. The highest BCUT2D eigenvalue weighted by Gasteiger charge is 2.33. The van der Waals surface area contributed by atoms with Crippen molar-refractivity contribution in [3.63, 3.8) is 0 Å². The lowest BCUT2D eigenvalue weighted by atomic mass is 9.75. The van der Waals surface area contributed by atoms with E-state index in [1.54, 1.807) is 6.07 Å². The van der Waals surface area contributed by atoms with Crippen LogP contribution >= 0.6 is 0 Å². The number of aromatic amines is 1. The number of carbonyl (C=O) groups excluding carboxylic acids is 3. The van der Waals surface area contributed by atoms with Gasteiger partial charge in [0, 0.05) is 30.4 Å². The van der Waals surface area contributed by atoms with Crippen molar-refractivity contribution in [2.24, 2.45) is 5.41 Å². The Morgan fingerprint density at radius 2 is 1.87 bits per heavy atom. The molecule has 1 aromatic heterocycles. The normalized spacial score (nSPS) is 14.8. The van der Waals surface area contributed by atoms with Crippen molar-refractivity contribution in [1.29, 1.82) is 0 Å². The van der Waals surface area contributed by atoms with Gasteiger partial charge in [-0.2, -0.15) is 0 Å². The quantitative estimate of drug-likeness (QED) is 0.811. The van der Waals surface area contributed by atoms with E-state index in [2.05, 4.69) is 10.3 Å². The molecule has 1 aromatic carbocycles. The molecule has 1 aliphatic rings. The van der Waals surface area contributed by atoms with Crippen LogP contribution in [-0.4, -0.2) is 41.1 Å². The molecule has 1 aliphatic carbocycles. The number of pyridine rings is 1. The van der Waals surface area contributed by atoms with E-state index >= 15 is 0 Å². The second-order valence-corrected chi connectivity index (χ2v) is 8.80. The zero-order chi connectivity index (χ0) is 22.2. The van der Waals surface area contributed by atoms with E-state index in [0.717, 1.165) is 11.1 Å². The fourth-order valence-electron chi connectivity index (χ4n) is 3.76. The second kappa shape index (κ2) is 7.89. The van der Waals surface area contributed by atoms with Gasteiger partial charge in [0.05, 0.1) is 6.54 Å². The molecule has 0 saturated heterocycles. The maximum atomic E-state index is 12.8. The molecule has 30 heavy (non-hydrogen) atoms. The van der Waals surface area contributed by atoms with E-state index in [4.69, 9.17) is 0 Å². The van der Waals surface area contributed by atoms with Gasteiger partial charge in [-0.3, -0.25) is 19.2 Å². The monoisotopic (exact) mass is 409 g/mol. The van der Waals surface area contributed by atoms with Crippen molar-refractivity contribution in [2.75, 3.05) is 18.9 Å². The first-order valence-corrected chi connectivity index (χ1v) is 9.89. The maximum absolute atomic E-state index is 12.8. The summed E-state index contributed by atoms with van der Waals surface area (Å²) in [5.74, 6) is -1.07. The van der Waals surface area contributed by atoms with Crippen LogP contribution in [0.15, 0.2) is 29.1 Å². The van der Waals surface area contributed by atoms with Crippen LogP contribution in [0.1, 0.15) is 57.8 Å². The second-order valence-electron chi connectivity index (χ2n) is 8.80. The number of carbonyl (C=O) groups is 3. The van der Waals surface area contributed by atoms with Crippen molar-refractivity contribution >= 4 is 23.3 Å². The van der Waals surface area contributed by atoms with Gasteiger partial charge < -0.3 is 15.2 Å². The summed E-state index contributed by atoms with van der Waals surface area (Å²) < 4.78 is 0. The lowest BCUT2D eigenvalue weighted by Crippen LogP contribution is -2.39. The third-order valence-corrected chi connectivity index (χ3v) is 5.55. The number of Topliss-reactive ketones (excluding diaryl/α,β-unsaturated/α-hetero) is 1. The summed E-state index contributed by atoms with van der Waals surface area (Å²) in [7, 11) is 1.45. The van der Waals surface area contributed by atoms with Crippen molar-refractivity contribution < 1.29 is 14.4 Å². The van der Waals surface area contributed by atoms with Crippen LogP contribution in [0.4, 0.5) is 5.69 Å². The van der Waals surface area contributed by atoms with E-state index in [0.29, 0.717) is 29.8 Å². The zero-order valence-corrected chi connectivity index (χ0v) is 18.0. The van der Waals surface area contributed by atoms with Gasteiger partial charge in [-0.05, 0) is 48.9 Å². The summed E-state index contributed by atoms with van der Waals surface area (Å²) >= 11 is 0. The Kier molecular flexibility index (Phi) is 5.65. The van der Waals surface area contributed by atoms with Gasteiger partial charge in [0.1, 0.15) is 5.56 Å². The average Bonchev–Trinajstić information content (AvgIpc) is 2.63. The average molecular weight is 409 g/mol. The third kappa shape index (κ3) is 4.35. The number of amides is 2. The summed E-state index contributed by atoms with van der Waals surface area (Å²) in [6, 6.07) is 6.96. The summed E-state index contributed by atoms with van der Waals surface area (Å²) in [5.41, 5.74) is 2.70. The van der Waals surface area contributed by atoms with E-state index in [-0.39, 0.29) is 29.2 Å². The van der Waals surface area contributed by atoms with E-state index < -0.39 is 11.5 Å². The number of rotatable bonds is 4. The van der Waals surface area contributed by atoms with E-state index in [1.165, 1.54) is 18.0 Å². The molecule has 2 aromatic rings. The molecule has 0 atom stereocenters. The van der Waals surface area contributed by atoms with Gasteiger partial charge in [0.2, 0.25) is 5.91 Å². The highest BCUT2D eigenvalue weighted by molar-refractivity contribution is 6.03. The largest absolute Gasteiger partial charge is 0.332 e. The molecule has 0 bridgehead atoms. The number of nitrogens with zero attached hydrogens (tertiary/aromatic N) is 1. The molecular formula is C23H27N3O4. The number of H-pyrrole nitrogens is 1. The molecule has 3 rings (SSSR count). The third-order valence-electron chi connectivity index (χ3n) is 5.55. The van der Waals surface area contributed by atoms with Gasteiger partial charge in [0.25, 0.3) is 11.5 Å². The molecule has 2 amide bonds. The van der Waals surface area contributed by atoms with E-state index in [1.807, 2.05) is 39.8 Å². The molecule has 0 fully saturated rings. The Labute approximate surface area is 175 Å². The number of fused-ring (bicyclic) bond motifs is 1. The molecule has 2 N–H and O–H groups in total. The molecule has 0 saturated carbocycles. The summed E-state index contributed by atoms with van der Waals surface area (Å²) in [4.78, 5) is 54.1. The Morgan fingerprint density at radius 1 is 1.17 bits per heavy atom. The molecule has 1 heterocycles. The van der Waals surface area contributed by atoms with Gasteiger partial charge in [-0.15, -0.1) is 0 Å². The minimum Gasteiger partial charge on any atom is -0.332 e. The molecule has 0 radical (unpaired) electrons. The van der Waals surface area contributed by atoms with Crippen molar-refractivity contribution in [2.45, 2.75) is 40.5 Å². The fraction of sp³-hybridized carbons (Fsp3) is 0.391. The number of hydrogen-bond donors (Lipinski definition) is 2. The Hall–Kier alpha value is -3.22. The standard InChI is InChI=1S/C23H27N3O4/c1-13-7-6-8-17(14(13)2)24-20(28)12-26(5)22(30)16-9-15-18(25-21(16)29)10-23(3,4)11-19(15)27/h6-9H,10-12H2,1-5H3,(H,24,28)(H,25,29).